The van der Waals surface area contributed by atoms with Gasteiger partial charge in [-0.2, -0.15) is 12.6 Å². The first kappa shape index (κ1) is 33.9. The van der Waals surface area contributed by atoms with E-state index in [4.69, 9.17) is 17.2 Å². The Morgan fingerprint density at radius 2 is 1.30 bits per heavy atom. The molecule has 2 aromatic heterocycles. The zero-order valence-electron chi connectivity index (χ0n) is 25.0. The van der Waals surface area contributed by atoms with Gasteiger partial charge in [-0.05, 0) is 42.5 Å². The number of carbonyl (C=O) groups is 4. The minimum absolute atomic E-state index is 0.0369. The lowest BCUT2D eigenvalue weighted by Crippen LogP contribution is -2.58. The molecule has 4 rings (SSSR count). The number of carbonyl (C=O) groups excluding carboxylic acids is 3. The molecule has 0 aliphatic heterocycles. The number of hydrogen-bond donors (Lipinski definition) is 10. The van der Waals surface area contributed by atoms with Gasteiger partial charge in [-0.15, -0.1) is 0 Å². The van der Waals surface area contributed by atoms with E-state index in [2.05, 4.69) is 43.5 Å². The number of carboxylic acid groups (broad SMARTS) is 1. The Morgan fingerprint density at radius 3 is 1.87 bits per heavy atom. The van der Waals surface area contributed by atoms with Crippen LogP contribution < -0.4 is 33.2 Å². The number of fused-ring (bicyclic) bond motifs is 2. The number of aliphatic carboxylic acids is 1. The van der Waals surface area contributed by atoms with E-state index in [1.54, 1.807) is 12.4 Å². The first-order valence-corrected chi connectivity index (χ1v) is 15.4. The molecule has 3 amide bonds. The lowest BCUT2D eigenvalue weighted by atomic mass is 10.0. The number of guanidine groups is 1. The molecule has 4 unspecified atom stereocenters. The molecule has 2 aromatic carbocycles. The number of H-pyrrole nitrogens is 2. The Morgan fingerprint density at radius 1 is 0.783 bits per heavy atom. The zero-order chi connectivity index (χ0) is 33.2. The molecule has 244 valence electrons. The highest BCUT2D eigenvalue weighted by Crippen LogP contribution is 2.20. The Bertz CT molecular complexity index is 1710. The molecule has 0 aliphatic carbocycles. The molecule has 0 saturated heterocycles. The van der Waals surface area contributed by atoms with Crippen LogP contribution in [0.25, 0.3) is 21.8 Å². The van der Waals surface area contributed by atoms with Crippen molar-refractivity contribution >= 4 is 64.1 Å². The number of rotatable bonds is 16. The van der Waals surface area contributed by atoms with E-state index in [-0.39, 0.29) is 37.5 Å². The van der Waals surface area contributed by atoms with Crippen LogP contribution >= 0.6 is 12.6 Å². The van der Waals surface area contributed by atoms with Gasteiger partial charge in [0.05, 0.1) is 6.04 Å². The van der Waals surface area contributed by atoms with Crippen molar-refractivity contribution in [3.05, 3.63) is 72.1 Å². The summed E-state index contributed by atoms with van der Waals surface area (Å²) in [7, 11) is 0. The van der Waals surface area contributed by atoms with Crippen molar-refractivity contribution in [3.8, 4) is 0 Å². The molecule has 0 spiro atoms. The van der Waals surface area contributed by atoms with Gasteiger partial charge >= 0.3 is 5.97 Å². The van der Waals surface area contributed by atoms with Crippen molar-refractivity contribution in [3.63, 3.8) is 0 Å². The number of amides is 3. The van der Waals surface area contributed by atoms with E-state index in [9.17, 15) is 24.3 Å². The van der Waals surface area contributed by atoms with Gasteiger partial charge < -0.3 is 48.2 Å². The lowest BCUT2D eigenvalue weighted by molar-refractivity contribution is -0.141. The number of hydrogen-bond acceptors (Lipinski definition) is 7. The molecule has 15 heteroatoms. The zero-order valence-corrected chi connectivity index (χ0v) is 25.9. The van der Waals surface area contributed by atoms with Gasteiger partial charge in [-0.3, -0.25) is 19.4 Å². The number of para-hydroxylation sites is 2. The summed E-state index contributed by atoms with van der Waals surface area (Å²) >= 11 is 4.03. The first-order chi connectivity index (χ1) is 22.1. The van der Waals surface area contributed by atoms with Crippen molar-refractivity contribution in [1.29, 1.82) is 0 Å². The maximum atomic E-state index is 13.7. The summed E-state index contributed by atoms with van der Waals surface area (Å²) < 4.78 is 0. The first-order valence-electron chi connectivity index (χ1n) is 14.7. The number of nitrogens with zero attached hydrogens (tertiary/aromatic N) is 1. The Balaban J connectivity index is 1.53. The molecule has 46 heavy (non-hydrogen) atoms. The standard InChI is InChI=1S/C31H39N9O5S/c32-21(12-17-14-36-22-8-3-1-6-19(17)22)27(41)38-24(10-5-11-35-31(33)34)28(42)39-25(29(43)40-26(16-46)30(44)45)13-18-15-37-23-9-4-2-7-20(18)23/h1-4,6-9,14-15,21,24-26,36-37,46H,5,10-13,16,32H2,(H,38,41)(H,39,42)(H,40,43)(H,44,45)(H4,33,34,35). The van der Waals surface area contributed by atoms with E-state index < -0.39 is 47.9 Å². The number of aromatic amines is 2. The van der Waals surface area contributed by atoms with Gasteiger partial charge in [0.25, 0.3) is 0 Å². The van der Waals surface area contributed by atoms with Gasteiger partial charge in [0, 0.05) is 52.9 Å². The van der Waals surface area contributed by atoms with Crippen molar-refractivity contribution in [2.75, 3.05) is 12.3 Å². The quantitative estimate of drug-likeness (QED) is 0.0349. The van der Waals surface area contributed by atoms with Gasteiger partial charge in [0.15, 0.2) is 5.96 Å². The van der Waals surface area contributed by atoms with Crippen molar-refractivity contribution in [2.45, 2.75) is 49.9 Å². The van der Waals surface area contributed by atoms with Gasteiger partial charge in [-0.25, -0.2) is 4.79 Å². The van der Waals surface area contributed by atoms with E-state index in [1.807, 2.05) is 48.5 Å². The number of carboxylic acids is 1. The van der Waals surface area contributed by atoms with Crippen LogP contribution in [-0.4, -0.2) is 81.2 Å². The SMILES string of the molecule is NC(N)=NCCCC(NC(=O)C(N)Cc1c[nH]c2ccccc12)C(=O)NC(Cc1c[nH]c2ccccc12)C(=O)NC(CS)C(=O)O. The molecule has 14 nitrogen and oxygen atoms in total. The summed E-state index contributed by atoms with van der Waals surface area (Å²) in [6.45, 7) is 0.199. The number of nitrogens with two attached hydrogens (primary N) is 3. The average molecular weight is 650 g/mol. The summed E-state index contributed by atoms with van der Waals surface area (Å²) in [6.07, 6.45) is 4.22. The van der Waals surface area contributed by atoms with E-state index >= 15 is 0 Å². The van der Waals surface area contributed by atoms with Crippen LogP contribution in [0.15, 0.2) is 65.9 Å². The third-order valence-electron chi connectivity index (χ3n) is 7.56. The maximum Gasteiger partial charge on any atom is 0.327 e. The highest BCUT2D eigenvalue weighted by molar-refractivity contribution is 7.80. The van der Waals surface area contributed by atoms with E-state index in [1.165, 1.54) is 0 Å². The summed E-state index contributed by atoms with van der Waals surface area (Å²) in [5.74, 6) is -3.48. The van der Waals surface area contributed by atoms with Crippen LogP contribution in [0.5, 0.6) is 0 Å². The third kappa shape index (κ3) is 8.79. The normalized spacial score (nSPS) is 13.8. The monoisotopic (exact) mass is 649 g/mol. The second kappa shape index (κ2) is 15.8. The fourth-order valence-corrected chi connectivity index (χ4v) is 5.39. The largest absolute Gasteiger partial charge is 0.480 e. The number of nitrogens with one attached hydrogen (secondary N) is 5. The molecular weight excluding hydrogens is 610 g/mol. The molecule has 0 aliphatic rings. The van der Waals surface area contributed by atoms with Gasteiger partial charge in [0.1, 0.15) is 18.1 Å². The molecule has 0 bridgehead atoms. The summed E-state index contributed by atoms with van der Waals surface area (Å²) in [5, 5.41) is 19.1. The molecule has 4 atom stereocenters. The van der Waals surface area contributed by atoms with Crippen molar-refractivity contribution < 1.29 is 24.3 Å². The van der Waals surface area contributed by atoms with Crippen LogP contribution in [0, 0.1) is 0 Å². The second-order valence-corrected chi connectivity index (χ2v) is 11.3. The molecule has 0 fully saturated rings. The molecule has 12 N–H and O–H groups in total. The maximum absolute atomic E-state index is 13.7. The minimum atomic E-state index is -1.28. The Kier molecular flexibility index (Phi) is 11.6. The van der Waals surface area contributed by atoms with Crippen LogP contribution in [0.2, 0.25) is 0 Å². The smallest absolute Gasteiger partial charge is 0.327 e. The number of aromatic nitrogens is 2. The van der Waals surface area contributed by atoms with Crippen LogP contribution in [-0.2, 0) is 32.0 Å². The average Bonchev–Trinajstić information content (AvgIpc) is 3.64. The van der Waals surface area contributed by atoms with Crippen molar-refractivity contribution in [1.82, 2.24) is 25.9 Å². The molecular formula is C31H39N9O5S. The Hall–Kier alpha value is -5.02. The second-order valence-electron chi connectivity index (χ2n) is 10.9. The Labute approximate surface area is 270 Å². The third-order valence-corrected chi connectivity index (χ3v) is 7.92. The fourth-order valence-electron chi connectivity index (χ4n) is 5.14. The van der Waals surface area contributed by atoms with Crippen LogP contribution in [0.3, 0.4) is 0 Å². The number of aliphatic imine (C=N–C) groups is 1. The molecule has 4 aromatic rings. The lowest BCUT2D eigenvalue weighted by Gasteiger charge is -2.25. The summed E-state index contributed by atoms with van der Waals surface area (Å²) in [6, 6.07) is 10.5. The predicted octanol–water partition coefficient (Wildman–Crippen LogP) is 0.284. The van der Waals surface area contributed by atoms with E-state index in [0.29, 0.717) is 6.42 Å². The van der Waals surface area contributed by atoms with Crippen LogP contribution in [0.4, 0.5) is 0 Å². The highest BCUT2D eigenvalue weighted by atomic mass is 32.1. The molecule has 0 radical (unpaired) electrons. The molecule has 2 heterocycles. The predicted molar refractivity (Wildman–Crippen MR) is 179 cm³/mol. The van der Waals surface area contributed by atoms with Crippen molar-refractivity contribution in [2.24, 2.45) is 22.2 Å². The summed E-state index contributed by atoms with van der Waals surface area (Å²) in [4.78, 5) is 62.3. The highest BCUT2D eigenvalue weighted by Gasteiger charge is 2.31. The minimum Gasteiger partial charge on any atom is -0.480 e. The summed E-state index contributed by atoms with van der Waals surface area (Å²) in [5.41, 5.74) is 20.5. The number of benzene rings is 2. The van der Waals surface area contributed by atoms with E-state index in [0.717, 1.165) is 32.9 Å². The van der Waals surface area contributed by atoms with Gasteiger partial charge in [-0.1, -0.05) is 36.4 Å². The molecule has 0 saturated carbocycles. The topological polar surface area (TPSA) is 247 Å². The van der Waals surface area contributed by atoms with Gasteiger partial charge in [0.2, 0.25) is 17.7 Å². The number of thiol groups is 1. The van der Waals surface area contributed by atoms with Crippen LogP contribution in [0.1, 0.15) is 24.0 Å². The fraction of sp³-hybridized carbons (Fsp3) is 0.323.